The summed E-state index contributed by atoms with van der Waals surface area (Å²) in [5, 5.41) is 3.77. The van der Waals surface area contributed by atoms with Gasteiger partial charge in [-0.1, -0.05) is 6.07 Å². The van der Waals surface area contributed by atoms with E-state index in [9.17, 15) is 13.2 Å². The normalized spacial score (nSPS) is 12.5. The van der Waals surface area contributed by atoms with E-state index in [1.165, 1.54) is 32.4 Å². The number of fused-ring (bicyclic) bond motifs is 1. The first kappa shape index (κ1) is 24.2. The molecular formula is C23H27F3N4O3. The van der Waals surface area contributed by atoms with E-state index >= 15 is 0 Å². The molecule has 3 rings (SSSR count). The number of hydrogen-bond acceptors (Lipinski definition) is 7. The van der Waals surface area contributed by atoms with Crippen molar-refractivity contribution >= 4 is 22.3 Å². The van der Waals surface area contributed by atoms with Crippen LogP contribution in [-0.4, -0.2) is 31.8 Å². The fourth-order valence-electron chi connectivity index (χ4n) is 3.44. The number of nitrogens with zero attached hydrogens (tertiary/aromatic N) is 1. The highest BCUT2D eigenvalue weighted by Crippen LogP contribution is 2.46. The van der Waals surface area contributed by atoms with Crippen molar-refractivity contribution in [1.29, 1.82) is 0 Å². The van der Waals surface area contributed by atoms with Crippen LogP contribution in [0.15, 0.2) is 36.4 Å². The highest BCUT2D eigenvalue weighted by atomic mass is 19.4. The SMILES string of the molecule is COc1cc(N)c2c(Oc3cccc(C(F)(F)F)c3)c(OC)cc(NC(C)CCCN)c2n1. The number of pyridine rings is 1. The lowest BCUT2D eigenvalue weighted by atomic mass is 10.1. The van der Waals surface area contributed by atoms with Crippen molar-refractivity contribution in [3.05, 3.63) is 42.0 Å². The first-order chi connectivity index (χ1) is 15.7. The zero-order chi connectivity index (χ0) is 24.2. The highest BCUT2D eigenvalue weighted by Gasteiger charge is 2.31. The van der Waals surface area contributed by atoms with Crippen LogP contribution in [0.4, 0.5) is 24.5 Å². The van der Waals surface area contributed by atoms with E-state index in [0.29, 0.717) is 23.1 Å². The van der Waals surface area contributed by atoms with Crippen LogP contribution in [0.25, 0.3) is 10.9 Å². The van der Waals surface area contributed by atoms with E-state index in [1.54, 1.807) is 6.07 Å². The number of ether oxygens (including phenoxy) is 3. The Bertz CT molecular complexity index is 1120. The maximum absolute atomic E-state index is 13.2. The molecule has 5 N–H and O–H groups in total. The molecule has 3 aromatic rings. The molecule has 0 aliphatic rings. The Morgan fingerprint density at radius 3 is 2.52 bits per heavy atom. The molecule has 0 saturated carbocycles. The number of benzene rings is 2. The minimum atomic E-state index is -4.51. The van der Waals surface area contributed by atoms with E-state index in [1.807, 2.05) is 6.92 Å². The minimum absolute atomic E-state index is 0.0170. The summed E-state index contributed by atoms with van der Waals surface area (Å²) in [6, 6.07) is 7.84. The van der Waals surface area contributed by atoms with Gasteiger partial charge in [-0.25, -0.2) is 4.98 Å². The Labute approximate surface area is 189 Å². The fourth-order valence-corrected chi connectivity index (χ4v) is 3.44. The lowest BCUT2D eigenvalue weighted by Gasteiger charge is -2.21. The molecule has 2 aromatic carbocycles. The summed E-state index contributed by atoms with van der Waals surface area (Å²) < 4.78 is 56.2. The number of rotatable bonds is 9. The first-order valence-corrected chi connectivity index (χ1v) is 10.3. The standard InChI is InChI=1S/C23H27F3N4O3/c1-13(6-5-9-27)29-17-12-18(31-2)22(20-16(28)11-19(32-3)30-21(17)20)33-15-8-4-7-14(10-15)23(24,25)26/h4,7-8,10-13,29H,5-6,9,27H2,1-3H3,(H2,28,30). The van der Waals surface area contributed by atoms with Crippen LogP contribution in [0, 0.1) is 0 Å². The molecular weight excluding hydrogens is 437 g/mol. The lowest BCUT2D eigenvalue weighted by molar-refractivity contribution is -0.137. The first-order valence-electron chi connectivity index (χ1n) is 10.3. The van der Waals surface area contributed by atoms with Crippen LogP contribution in [0.5, 0.6) is 23.1 Å². The van der Waals surface area contributed by atoms with Crippen molar-refractivity contribution in [2.45, 2.75) is 32.0 Å². The Morgan fingerprint density at radius 2 is 1.88 bits per heavy atom. The molecule has 0 amide bonds. The molecule has 1 aromatic heterocycles. The largest absolute Gasteiger partial charge is 0.493 e. The lowest BCUT2D eigenvalue weighted by Crippen LogP contribution is -2.17. The van der Waals surface area contributed by atoms with Crippen LogP contribution < -0.4 is 31.0 Å². The molecule has 1 atom stereocenters. The molecule has 0 radical (unpaired) electrons. The number of aromatic nitrogens is 1. The maximum atomic E-state index is 13.2. The average Bonchev–Trinajstić information content (AvgIpc) is 2.78. The molecule has 1 unspecified atom stereocenters. The van der Waals surface area contributed by atoms with E-state index in [0.717, 1.165) is 25.0 Å². The summed E-state index contributed by atoms with van der Waals surface area (Å²) in [6.07, 6.45) is -2.85. The Balaban J connectivity index is 2.16. The van der Waals surface area contributed by atoms with Crippen LogP contribution in [-0.2, 0) is 6.18 Å². The Hall–Kier alpha value is -3.40. The van der Waals surface area contributed by atoms with E-state index in [4.69, 9.17) is 25.7 Å². The smallest absolute Gasteiger partial charge is 0.416 e. The molecule has 0 aliphatic heterocycles. The topological polar surface area (TPSA) is 105 Å². The summed E-state index contributed by atoms with van der Waals surface area (Å²) in [6.45, 7) is 2.57. The van der Waals surface area contributed by atoms with Gasteiger partial charge in [0.25, 0.3) is 0 Å². The van der Waals surface area contributed by atoms with Gasteiger partial charge in [0.2, 0.25) is 5.88 Å². The molecule has 1 heterocycles. The number of nitrogen functional groups attached to an aromatic ring is 1. The number of nitrogens with two attached hydrogens (primary N) is 2. The van der Waals surface area contributed by atoms with Gasteiger partial charge < -0.3 is 31.0 Å². The quantitative estimate of drug-likeness (QED) is 0.401. The van der Waals surface area contributed by atoms with Gasteiger partial charge in [-0.3, -0.25) is 0 Å². The molecule has 0 spiro atoms. The molecule has 0 saturated heterocycles. The van der Waals surface area contributed by atoms with Gasteiger partial charge in [-0.15, -0.1) is 0 Å². The summed E-state index contributed by atoms with van der Waals surface area (Å²) in [5.74, 6) is 0.705. The van der Waals surface area contributed by atoms with Crippen LogP contribution in [0.1, 0.15) is 25.3 Å². The molecule has 0 fully saturated rings. The Kier molecular flexibility index (Phi) is 7.37. The van der Waals surface area contributed by atoms with Crippen molar-refractivity contribution in [2.75, 3.05) is 31.8 Å². The molecule has 0 aliphatic carbocycles. The summed E-state index contributed by atoms with van der Waals surface area (Å²) in [7, 11) is 2.91. The fraction of sp³-hybridized carbons (Fsp3) is 0.348. The third-order valence-corrected chi connectivity index (χ3v) is 5.06. The average molecular weight is 464 g/mol. The molecule has 10 heteroatoms. The van der Waals surface area contributed by atoms with Crippen LogP contribution in [0.2, 0.25) is 0 Å². The third-order valence-electron chi connectivity index (χ3n) is 5.06. The van der Waals surface area contributed by atoms with Crippen LogP contribution >= 0.6 is 0 Å². The van der Waals surface area contributed by atoms with Crippen molar-refractivity contribution < 1.29 is 27.4 Å². The number of methoxy groups -OCH3 is 2. The number of anilines is 2. The third kappa shape index (κ3) is 5.51. The van der Waals surface area contributed by atoms with Gasteiger partial charge in [0.05, 0.1) is 36.5 Å². The summed E-state index contributed by atoms with van der Waals surface area (Å²) in [4.78, 5) is 4.52. The van der Waals surface area contributed by atoms with Crippen molar-refractivity contribution in [1.82, 2.24) is 4.98 Å². The summed E-state index contributed by atoms with van der Waals surface area (Å²) in [5.41, 5.74) is 12.4. The van der Waals surface area contributed by atoms with Gasteiger partial charge in [-0.05, 0) is 44.5 Å². The second-order valence-corrected chi connectivity index (χ2v) is 7.54. The van der Waals surface area contributed by atoms with Crippen LogP contribution in [0.3, 0.4) is 0 Å². The number of halogens is 3. The second-order valence-electron chi connectivity index (χ2n) is 7.54. The number of alkyl halides is 3. The van der Waals surface area contributed by atoms with Crippen molar-refractivity contribution in [2.24, 2.45) is 5.73 Å². The van der Waals surface area contributed by atoms with E-state index < -0.39 is 11.7 Å². The zero-order valence-corrected chi connectivity index (χ0v) is 18.6. The highest BCUT2D eigenvalue weighted by molar-refractivity contribution is 6.04. The van der Waals surface area contributed by atoms with E-state index in [2.05, 4.69) is 10.3 Å². The predicted molar refractivity (Wildman–Crippen MR) is 122 cm³/mol. The van der Waals surface area contributed by atoms with Gasteiger partial charge in [0, 0.05) is 18.2 Å². The van der Waals surface area contributed by atoms with Gasteiger partial charge in [-0.2, -0.15) is 13.2 Å². The van der Waals surface area contributed by atoms with Crippen molar-refractivity contribution in [3.63, 3.8) is 0 Å². The van der Waals surface area contributed by atoms with Gasteiger partial charge in [0.15, 0.2) is 11.5 Å². The summed E-state index contributed by atoms with van der Waals surface area (Å²) >= 11 is 0. The maximum Gasteiger partial charge on any atom is 0.416 e. The molecule has 7 nitrogen and oxygen atoms in total. The van der Waals surface area contributed by atoms with Gasteiger partial charge >= 0.3 is 6.18 Å². The monoisotopic (exact) mass is 464 g/mol. The number of hydrogen-bond donors (Lipinski definition) is 3. The van der Waals surface area contributed by atoms with Gasteiger partial charge in [0.1, 0.15) is 11.3 Å². The molecule has 33 heavy (non-hydrogen) atoms. The van der Waals surface area contributed by atoms with Crippen molar-refractivity contribution in [3.8, 4) is 23.1 Å². The molecule has 0 bridgehead atoms. The zero-order valence-electron chi connectivity index (χ0n) is 18.6. The Morgan fingerprint density at radius 1 is 1.12 bits per heavy atom. The second kappa shape index (κ2) is 10.0. The predicted octanol–water partition coefficient (Wildman–Crippen LogP) is 5.18. The number of nitrogens with one attached hydrogen (secondary N) is 1. The van der Waals surface area contributed by atoms with E-state index in [-0.39, 0.29) is 34.9 Å². The molecule has 178 valence electrons. The minimum Gasteiger partial charge on any atom is -0.493 e.